The van der Waals surface area contributed by atoms with Crippen LogP contribution in [0.25, 0.3) is 11.4 Å². The third-order valence-electron chi connectivity index (χ3n) is 2.38. The SMILES string of the molecule is CNC(=O)CSc1nnc(-c2ccc(F)cc2)n1N. The van der Waals surface area contributed by atoms with Crippen LogP contribution in [0.2, 0.25) is 0 Å². The van der Waals surface area contributed by atoms with Crippen LogP contribution < -0.4 is 11.2 Å². The lowest BCUT2D eigenvalue weighted by atomic mass is 10.2. The van der Waals surface area contributed by atoms with Crippen molar-refractivity contribution < 1.29 is 9.18 Å². The molecule has 6 nitrogen and oxygen atoms in total. The first-order valence-corrected chi connectivity index (χ1v) is 6.40. The van der Waals surface area contributed by atoms with Crippen molar-refractivity contribution in [1.29, 1.82) is 0 Å². The highest BCUT2D eigenvalue weighted by atomic mass is 32.2. The largest absolute Gasteiger partial charge is 0.358 e. The zero-order valence-electron chi connectivity index (χ0n) is 10.1. The summed E-state index contributed by atoms with van der Waals surface area (Å²) in [6, 6.07) is 5.77. The van der Waals surface area contributed by atoms with E-state index in [9.17, 15) is 9.18 Å². The van der Waals surface area contributed by atoms with Crippen molar-refractivity contribution in [2.75, 3.05) is 18.6 Å². The number of nitrogens with two attached hydrogens (primary N) is 1. The fourth-order valence-corrected chi connectivity index (χ4v) is 2.10. The van der Waals surface area contributed by atoms with Gasteiger partial charge in [-0.25, -0.2) is 9.07 Å². The van der Waals surface area contributed by atoms with Gasteiger partial charge in [-0.05, 0) is 24.3 Å². The molecule has 0 aliphatic rings. The maximum absolute atomic E-state index is 12.8. The minimum atomic E-state index is -0.332. The molecule has 0 aliphatic heterocycles. The number of thioether (sulfide) groups is 1. The molecule has 1 heterocycles. The Morgan fingerprint density at radius 3 is 2.74 bits per heavy atom. The van der Waals surface area contributed by atoms with E-state index >= 15 is 0 Å². The lowest BCUT2D eigenvalue weighted by Gasteiger charge is -2.03. The van der Waals surface area contributed by atoms with Crippen molar-refractivity contribution in [2.45, 2.75) is 5.16 Å². The van der Waals surface area contributed by atoms with Crippen molar-refractivity contribution in [3.8, 4) is 11.4 Å². The van der Waals surface area contributed by atoms with Crippen LogP contribution in [-0.4, -0.2) is 33.6 Å². The van der Waals surface area contributed by atoms with Crippen molar-refractivity contribution >= 4 is 17.7 Å². The summed E-state index contributed by atoms with van der Waals surface area (Å²) in [6.45, 7) is 0. The summed E-state index contributed by atoms with van der Waals surface area (Å²) in [5.74, 6) is 6.01. The minimum Gasteiger partial charge on any atom is -0.358 e. The summed E-state index contributed by atoms with van der Waals surface area (Å²) in [4.78, 5) is 11.1. The Morgan fingerprint density at radius 1 is 1.42 bits per heavy atom. The second-order valence-electron chi connectivity index (χ2n) is 3.64. The Morgan fingerprint density at radius 2 is 2.11 bits per heavy atom. The van der Waals surface area contributed by atoms with E-state index in [1.807, 2.05) is 0 Å². The van der Waals surface area contributed by atoms with Gasteiger partial charge >= 0.3 is 0 Å². The second-order valence-corrected chi connectivity index (χ2v) is 4.59. The number of hydrogen-bond acceptors (Lipinski definition) is 5. The average molecular weight is 281 g/mol. The molecule has 0 spiro atoms. The zero-order chi connectivity index (χ0) is 13.8. The van der Waals surface area contributed by atoms with Crippen LogP contribution in [0.15, 0.2) is 29.4 Å². The van der Waals surface area contributed by atoms with E-state index < -0.39 is 0 Å². The molecule has 1 amide bonds. The first kappa shape index (κ1) is 13.3. The standard InChI is InChI=1S/C11H12FN5OS/c1-14-9(18)6-19-11-16-15-10(17(11)13)7-2-4-8(12)5-3-7/h2-5H,6,13H2,1H3,(H,14,18). The summed E-state index contributed by atoms with van der Waals surface area (Å²) >= 11 is 1.18. The van der Waals surface area contributed by atoms with E-state index in [4.69, 9.17) is 5.84 Å². The molecule has 2 aromatic rings. The second kappa shape index (κ2) is 5.70. The van der Waals surface area contributed by atoms with Crippen molar-refractivity contribution in [3.63, 3.8) is 0 Å². The van der Waals surface area contributed by atoms with Crippen molar-refractivity contribution in [2.24, 2.45) is 0 Å². The lowest BCUT2D eigenvalue weighted by Crippen LogP contribution is -2.20. The van der Waals surface area contributed by atoms with Gasteiger partial charge in [-0.15, -0.1) is 10.2 Å². The predicted molar refractivity (Wildman–Crippen MR) is 70.4 cm³/mol. The van der Waals surface area contributed by atoms with E-state index in [1.165, 1.54) is 28.6 Å². The molecular formula is C11H12FN5OS. The van der Waals surface area contributed by atoms with Crippen LogP contribution in [0.1, 0.15) is 0 Å². The highest BCUT2D eigenvalue weighted by Crippen LogP contribution is 2.21. The normalized spacial score (nSPS) is 10.4. The number of aromatic nitrogens is 3. The van der Waals surface area contributed by atoms with Crippen LogP contribution in [0, 0.1) is 5.82 Å². The first-order chi connectivity index (χ1) is 9.11. The molecule has 0 saturated carbocycles. The van der Waals surface area contributed by atoms with Gasteiger partial charge in [0.15, 0.2) is 5.82 Å². The maximum Gasteiger partial charge on any atom is 0.230 e. The van der Waals surface area contributed by atoms with Gasteiger partial charge in [-0.3, -0.25) is 4.79 Å². The Bertz CT molecular complexity index is 583. The molecule has 0 fully saturated rings. The Balaban J connectivity index is 2.18. The molecule has 0 radical (unpaired) electrons. The fraction of sp³-hybridized carbons (Fsp3) is 0.182. The summed E-state index contributed by atoms with van der Waals surface area (Å²) in [5.41, 5.74) is 0.656. The summed E-state index contributed by atoms with van der Waals surface area (Å²) in [6.07, 6.45) is 0. The number of amides is 1. The molecule has 100 valence electrons. The molecule has 3 N–H and O–H groups in total. The fourth-order valence-electron chi connectivity index (χ4n) is 1.37. The molecular weight excluding hydrogens is 269 g/mol. The number of nitrogens with zero attached hydrogens (tertiary/aromatic N) is 3. The van der Waals surface area contributed by atoms with Crippen LogP contribution in [-0.2, 0) is 4.79 Å². The molecule has 0 bridgehead atoms. The lowest BCUT2D eigenvalue weighted by molar-refractivity contribution is -0.118. The number of carbonyl (C=O) groups excluding carboxylic acids is 1. The number of hydrogen-bond donors (Lipinski definition) is 2. The van der Waals surface area contributed by atoms with Crippen LogP contribution in [0.5, 0.6) is 0 Å². The smallest absolute Gasteiger partial charge is 0.230 e. The Hall–Kier alpha value is -2.09. The van der Waals surface area contributed by atoms with Gasteiger partial charge in [0.05, 0.1) is 5.75 Å². The molecule has 19 heavy (non-hydrogen) atoms. The van der Waals surface area contributed by atoms with Gasteiger partial charge in [0.2, 0.25) is 11.1 Å². The van der Waals surface area contributed by atoms with Gasteiger partial charge in [0.25, 0.3) is 0 Å². The van der Waals surface area contributed by atoms with E-state index in [1.54, 1.807) is 19.2 Å². The van der Waals surface area contributed by atoms with E-state index in [0.29, 0.717) is 16.5 Å². The number of carbonyl (C=O) groups is 1. The summed E-state index contributed by atoms with van der Waals surface area (Å²) in [5, 5.41) is 10.7. The number of nitrogen functional groups attached to an aromatic ring is 1. The van der Waals surface area contributed by atoms with Gasteiger partial charge < -0.3 is 11.2 Å². The maximum atomic E-state index is 12.8. The van der Waals surface area contributed by atoms with Gasteiger partial charge in [-0.1, -0.05) is 11.8 Å². The highest BCUT2D eigenvalue weighted by molar-refractivity contribution is 7.99. The molecule has 1 aromatic carbocycles. The molecule has 1 aromatic heterocycles. The minimum absolute atomic E-state index is 0.128. The number of benzene rings is 1. The third-order valence-corrected chi connectivity index (χ3v) is 3.32. The predicted octanol–water partition coefficient (Wildman–Crippen LogP) is 0.636. The molecule has 0 saturated heterocycles. The molecule has 0 unspecified atom stereocenters. The Kier molecular flexibility index (Phi) is 4.00. The monoisotopic (exact) mass is 281 g/mol. The molecule has 2 rings (SSSR count). The van der Waals surface area contributed by atoms with Crippen LogP contribution in [0.4, 0.5) is 4.39 Å². The average Bonchev–Trinajstić information content (AvgIpc) is 2.78. The third kappa shape index (κ3) is 3.02. The van der Waals surface area contributed by atoms with E-state index in [-0.39, 0.29) is 17.5 Å². The number of halogens is 1. The number of nitrogens with one attached hydrogen (secondary N) is 1. The highest BCUT2D eigenvalue weighted by Gasteiger charge is 2.13. The van der Waals surface area contributed by atoms with Crippen LogP contribution >= 0.6 is 11.8 Å². The molecule has 8 heteroatoms. The quantitative estimate of drug-likeness (QED) is 0.634. The molecule has 0 aliphatic carbocycles. The molecule has 0 atom stereocenters. The first-order valence-electron chi connectivity index (χ1n) is 5.41. The van der Waals surface area contributed by atoms with Gasteiger partial charge in [0, 0.05) is 12.6 Å². The summed E-state index contributed by atoms with van der Waals surface area (Å²) < 4.78 is 14.1. The van der Waals surface area contributed by atoms with Gasteiger partial charge in [-0.2, -0.15) is 0 Å². The van der Waals surface area contributed by atoms with Crippen molar-refractivity contribution in [3.05, 3.63) is 30.1 Å². The Labute approximate surface area is 113 Å². The van der Waals surface area contributed by atoms with E-state index in [0.717, 1.165) is 0 Å². The van der Waals surface area contributed by atoms with E-state index in [2.05, 4.69) is 15.5 Å². The topological polar surface area (TPSA) is 85.8 Å². The van der Waals surface area contributed by atoms with Gasteiger partial charge in [0.1, 0.15) is 5.82 Å². The zero-order valence-corrected chi connectivity index (χ0v) is 10.9. The van der Waals surface area contributed by atoms with Crippen molar-refractivity contribution in [1.82, 2.24) is 20.2 Å². The summed E-state index contributed by atoms with van der Waals surface area (Å²) in [7, 11) is 1.56. The van der Waals surface area contributed by atoms with Crippen LogP contribution in [0.3, 0.4) is 0 Å². The number of rotatable bonds is 4.